The van der Waals surface area contributed by atoms with Crippen LogP contribution >= 0.6 is 0 Å². The quantitative estimate of drug-likeness (QED) is 0.312. The summed E-state index contributed by atoms with van der Waals surface area (Å²) < 4.78 is 6.45. The first-order valence-corrected chi connectivity index (χ1v) is 16.6. The van der Waals surface area contributed by atoms with Crippen molar-refractivity contribution in [3.63, 3.8) is 0 Å². The Balaban J connectivity index is 1.07. The van der Waals surface area contributed by atoms with Gasteiger partial charge in [-0.25, -0.2) is 0 Å². The van der Waals surface area contributed by atoms with Gasteiger partial charge in [-0.15, -0.1) is 0 Å². The van der Waals surface area contributed by atoms with E-state index in [1.165, 1.54) is 31.2 Å². The minimum atomic E-state index is -0.0885. The number of benzene rings is 3. The van der Waals surface area contributed by atoms with Gasteiger partial charge in [0.05, 0.1) is 6.20 Å². The van der Waals surface area contributed by atoms with Crippen molar-refractivity contribution in [2.24, 2.45) is 0 Å². The number of nitrogens with one attached hydrogen (secondary N) is 2. The molecule has 240 valence electrons. The Morgan fingerprint density at radius 1 is 0.978 bits per heavy atom. The summed E-state index contributed by atoms with van der Waals surface area (Å²) in [6, 6.07) is 24.4. The molecule has 2 N–H and O–H groups in total. The number of ether oxygens (including phenoxy) is 1. The number of hydrogen-bond acceptors (Lipinski definition) is 7. The third-order valence-corrected chi connectivity index (χ3v) is 9.86. The summed E-state index contributed by atoms with van der Waals surface area (Å²) >= 11 is 0. The third kappa shape index (κ3) is 6.90. The number of nitrogens with zero attached hydrogens (tertiary/aromatic N) is 3. The Hall–Kier alpha value is -4.34. The molecule has 0 spiro atoms. The Morgan fingerprint density at radius 2 is 1.74 bits per heavy atom. The van der Waals surface area contributed by atoms with Gasteiger partial charge in [0, 0.05) is 74.3 Å². The molecule has 9 heteroatoms. The van der Waals surface area contributed by atoms with E-state index in [4.69, 9.17) is 9.57 Å². The van der Waals surface area contributed by atoms with Gasteiger partial charge in [-0.05, 0) is 67.6 Å². The van der Waals surface area contributed by atoms with E-state index < -0.39 is 0 Å². The van der Waals surface area contributed by atoms with E-state index >= 15 is 0 Å². The molecule has 3 aromatic carbocycles. The number of carbonyl (C=O) groups excluding carboxylic acids is 2. The fourth-order valence-electron chi connectivity index (χ4n) is 7.25. The summed E-state index contributed by atoms with van der Waals surface area (Å²) in [5, 5.41) is 5.03. The number of piperidine rings is 1. The molecule has 3 aromatic rings. The Labute approximate surface area is 271 Å². The molecule has 0 radical (unpaired) electrons. The van der Waals surface area contributed by atoms with Gasteiger partial charge >= 0.3 is 0 Å². The minimum Gasteiger partial charge on any atom is -0.457 e. The van der Waals surface area contributed by atoms with Crippen molar-refractivity contribution in [2.75, 3.05) is 26.7 Å². The molecule has 0 bridgehead atoms. The number of rotatable bonds is 9. The molecule has 2 saturated heterocycles. The molecule has 1 saturated carbocycles. The normalized spacial score (nSPS) is 21.0. The van der Waals surface area contributed by atoms with Crippen LogP contribution in [0.5, 0.6) is 11.5 Å². The van der Waals surface area contributed by atoms with Crippen LogP contribution in [0.25, 0.3) is 5.76 Å². The minimum absolute atomic E-state index is 0.0885. The van der Waals surface area contributed by atoms with Crippen molar-refractivity contribution < 1.29 is 19.2 Å². The summed E-state index contributed by atoms with van der Waals surface area (Å²) in [5.41, 5.74) is 6.29. The van der Waals surface area contributed by atoms with Crippen LogP contribution in [0.4, 0.5) is 0 Å². The van der Waals surface area contributed by atoms with E-state index in [1.54, 1.807) is 5.01 Å². The van der Waals surface area contributed by atoms with Crippen molar-refractivity contribution >= 4 is 17.6 Å². The predicted molar refractivity (Wildman–Crippen MR) is 176 cm³/mol. The molecule has 2 amide bonds. The highest BCUT2D eigenvalue weighted by molar-refractivity contribution is 5.95. The molecule has 0 aromatic heterocycles. The number of hydrazine groups is 1. The smallest absolute Gasteiger partial charge is 0.251 e. The molecule has 1 atom stereocenters. The van der Waals surface area contributed by atoms with Crippen LogP contribution in [-0.2, 0) is 16.2 Å². The highest BCUT2D eigenvalue weighted by Gasteiger charge is 2.32. The zero-order valence-electron chi connectivity index (χ0n) is 26.5. The summed E-state index contributed by atoms with van der Waals surface area (Å²) in [6.07, 6.45) is 9.60. The molecule has 1 aliphatic carbocycles. The van der Waals surface area contributed by atoms with E-state index in [1.807, 2.05) is 78.8 Å². The standard InChI is InChI=1S/C37H43N5O4/c1-40-25-35(46-39-40)27-13-15-33(16-14-27)45-34-21-28(37(44)38-31-17-19-41(20-18-31)32-9-5-6-10-32)11-12-29(34)23-42-24-30(22-36(42)43)26-7-3-2-4-8-26/h2-4,7-8,11-16,21,25,30-32,39H,5-6,9-10,17-20,22-24H2,1H3,(H,38,44). The van der Waals surface area contributed by atoms with Crippen LogP contribution in [0.1, 0.15) is 77.9 Å². The maximum Gasteiger partial charge on any atom is 0.251 e. The van der Waals surface area contributed by atoms with Crippen LogP contribution in [0, 0.1) is 0 Å². The average Bonchev–Trinajstić information content (AvgIpc) is 3.85. The SMILES string of the molecule is CN1C=C(c2ccc(Oc3cc(C(=O)NC4CCN(C5CCCC5)CC4)ccc3CN3CC(c4ccccc4)CC3=O)cc2)ON1. The molecule has 3 heterocycles. The molecule has 9 nitrogen and oxygen atoms in total. The first-order valence-electron chi connectivity index (χ1n) is 16.6. The fraction of sp³-hybridized carbons (Fsp3) is 0.405. The lowest BCUT2D eigenvalue weighted by molar-refractivity contribution is -0.128. The molecule has 46 heavy (non-hydrogen) atoms. The fourth-order valence-corrected chi connectivity index (χ4v) is 7.25. The van der Waals surface area contributed by atoms with Gasteiger partial charge in [0.25, 0.3) is 5.91 Å². The van der Waals surface area contributed by atoms with Crippen LogP contribution in [-0.4, -0.2) is 65.4 Å². The maximum absolute atomic E-state index is 13.5. The second kappa shape index (κ2) is 13.6. The molecular formula is C37H43N5O4. The highest BCUT2D eigenvalue weighted by Crippen LogP contribution is 2.34. The zero-order chi connectivity index (χ0) is 31.5. The summed E-state index contributed by atoms with van der Waals surface area (Å²) in [6.45, 7) is 3.15. The van der Waals surface area contributed by atoms with E-state index in [2.05, 4.69) is 27.9 Å². The summed E-state index contributed by atoms with van der Waals surface area (Å²) in [4.78, 5) is 36.6. The molecule has 1 unspecified atom stereocenters. The number of hydrogen-bond donors (Lipinski definition) is 2. The summed E-state index contributed by atoms with van der Waals surface area (Å²) in [7, 11) is 1.86. The van der Waals surface area contributed by atoms with Gasteiger partial charge in [-0.3, -0.25) is 14.6 Å². The van der Waals surface area contributed by atoms with Crippen molar-refractivity contribution in [1.29, 1.82) is 0 Å². The van der Waals surface area contributed by atoms with Gasteiger partial charge in [-0.2, -0.15) is 0 Å². The van der Waals surface area contributed by atoms with Crippen molar-refractivity contribution in [2.45, 2.75) is 69.5 Å². The van der Waals surface area contributed by atoms with Gasteiger partial charge < -0.3 is 24.7 Å². The first kappa shape index (κ1) is 30.3. The van der Waals surface area contributed by atoms with Crippen LogP contribution < -0.4 is 15.6 Å². The predicted octanol–water partition coefficient (Wildman–Crippen LogP) is 5.81. The lowest BCUT2D eigenvalue weighted by Gasteiger charge is -2.36. The average molecular weight is 622 g/mol. The van der Waals surface area contributed by atoms with E-state index in [-0.39, 0.29) is 23.8 Å². The Bertz CT molecular complexity index is 1560. The lowest BCUT2D eigenvalue weighted by atomic mass is 9.98. The van der Waals surface area contributed by atoms with Crippen LogP contribution in [0.15, 0.2) is 79.0 Å². The third-order valence-electron chi connectivity index (χ3n) is 9.86. The monoisotopic (exact) mass is 621 g/mol. The number of carbonyl (C=O) groups is 2. The lowest BCUT2D eigenvalue weighted by Crippen LogP contribution is -2.47. The molecule has 4 aliphatic rings. The Morgan fingerprint density at radius 3 is 2.46 bits per heavy atom. The van der Waals surface area contributed by atoms with Crippen molar-refractivity contribution in [3.8, 4) is 11.5 Å². The van der Waals surface area contributed by atoms with Crippen molar-refractivity contribution in [1.82, 2.24) is 25.7 Å². The highest BCUT2D eigenvalue weighted by atomic mass is 16.7. The molecule has 3 fully saturated rings. The second-order valence-electron chi connectivity index (χ2n) is 13.1. The molecule has 3 aliphatic heterocycles. The van der Waals surface area contributed by atoms with E-state index in [9.17, 15) is 9.59 Å². The van der Waals surface area contributed by atoms with E-state index in [0.29, 0.717) is 42.3 Å². The van der Waals surface area contributed by atoms with Gasteiger partial charge in [0.2, 0.25) is 5.91 Å². The maximum atomic E-state index is 13.5. The second-order valence-corrected chi connectivity index (χ2v) is 13.1. The van der Waals surface area contributed by atoms with Crippen LogP contribution in [0.3, 0.4) is 0 Å². The first-order chi connectivity index (χ1) is 22.5. The molecule has 7 rings (SSSR count). The van der Waals surface area contributed by atoms with Gasteiger partial charge in [0.1, 0.15) is 11.5 Å². The van der Waals surface area contributed by atoms with Gasteiger partial charge in [-0.1, -0.05) is 54.8 Å². The van der Waals surface area contributed by atoms with E-state index in [0.717, 1.165) is 43.1 Å². The topological polar surface area (TPSA) is 86.4 Å². The van der Waals surface area contributed by atoms with Crippen molar-refractivity contribution in [3.05, 3.63) is 101 Å². The Kier molecular flexibility index (Phi) is 8.94. The molecular weight excluding hydrogens is 578 g/mol. The summed E-state index contributed by atoms with van der Waals surface area (Å²) in [5.74, 6) is 2.12. The number of amides is 2. The van der Waals surface area contributed by atoms with Crippen LogP contribution in [0.2, 0.25) is 0 Å². The zero-order valence-corrected chi connectivity index (χ0v) is 26.5. The van der Waals surface area contributed by atoms with Gasteiger partial charge in [0.15, 0.2) is 5.76 Å². The number of likely N-dealkylation sites (tertiary alicyclic amines) is 2. The largest absolute Gasteiger partial charge is 0.457 e.